The van der Waals surface area contributed by atoms with E-state index in [1.54, 1.807) is 8.61 Å². The summed E-state index contributed by atoms with van der Waals surface area (Å²) in [6.45, 7) is 8.39. The fraction of sp³-hybridized carbons (Fsp3) is 1.00. The van der Waals surface area contributed by atoms with Crippen molar-refractivity contribution in [3.05, 3.63) is 0 Å². The number of hydrogen-bond acceptors (Lipinski definition) is 4. The first-order valence-electron chi connectivity index (χ1n) is 8.61. The lowest BCUT2D eigenvalue weighted by atomic mass is 9.80. The molecule has 0 amide bonds. The van der Waals surface area contributed by atoms with Gasteiger partial charge in [-0.05, 0) is 32.1 Å². The molecule has 1 saturated carbocycles. The summed E-state index contributed by atoms with van der Waals surface area (Å²) in [5.41, 5.74) is -0.516. The topological polar surface area (TPSA) is 64.1 Å². The van der Waals surface area contributed by atoms with E-state index in [1.165, 1.54) is 0 Å². The summed E-state index contributed by atoms with van der Waals surface area (Å²) in [5, 5.41) is 10.2. The van der Waals surface area contributed by atoms with Gasteiger partial charge in [0.2, 0.25) is 0 Å². The number of rotatable bonds is 8. The van der Waals surface area contributed by atoms with Gasteiger partial charge in [-0.2, -0.15) is 17.0 Å². The molecular formula is C15H31N3O3S. The molecule has 0 aromatic heterocycles. The first kappa shape index (κ1) is 18.1. The van der Waals surface area contributed by atoms with E-state index in [2.05, 4.69) is 4.90 Å². The Hall–Kier alpha value is -0.210. The van der Waals surface area contributed by atoms with Gasteiger partial charge in [0, 0.05) is 45.8 Å². The molecule has 1 N–H and O–H groups in total. The maximum Gasteiger partial charge on any atom is 0.282 e. The molecule has 0 spiro atoms. The minimum atomic E-state index is -3.33. The highest BCUT2D eigenvalue weighted by molar-refractivity contribution is 7.86. The molecule has 2 rings (SSSR count). The van der Waals surface area contributed by atoms with Crippen molar-refractivity contribution in [3.8, 4) is 0 Å². The predicted molar refractivity (Wildman–Crippen MR) is 87.9 cm³/mol. The summed E-state index contributed by atoms with van der Waals surface area (Å²) in [5.74, 6) is 0. The van der Waals surface area contributed by atoms with Crippen molar-refractivity contribution in [2.24, 2.45) is 0 Å². The third-order valence-electron chi connectivity index (χ3n) is 4.73. The van der Waals surface area contributed by atoms with Crippen LogP contribution in [0.2, 0.25) is 0 Å². The smallest absolute Gasteiger partial charge is 0.282 e. The van der Waals surface area contributed by atoms with E-state index in [1.807, 2.05) is 13.8 Å². The van der Waals surface area contributed by atoms with E-state index < -0.39 is 15.8 Å². The molecular weight excluding hydrogens is 302 g/mol. The summed E-state index contributed by atoms with van der Waals surface area (Å²) in [7, 11) is -3.33. The van der Waals surface area contributed by atoms with Gasteiger partial charge in [0.1, 0.15) is 0 Å². The monoisotopic (exact) mass is 333 g/mol. The van der Waals surface area contributed by atoms with Gasteiger partial charge in [0.25, 0.3) is 10.2 Å². The van der Waals surface area contributed by atoms with Crippen LogP contribution in [-0.4, -0.2) is 78.4 Å². The summed E-state index contributed by atoms with van der Waals surface area (Å²) < 4.78 is 28.6. The lowest BCUT2D eigenvalue weighted by molar-refractivity contribution is -0.0628. The van der Waals surface area contributed by atoms with Crippen LogP contribution in [0.15, 0.2) is 0 Å². The molecule has 1 heterocycles. The van der Waals surface area contributed by atoms with Crippen molar-refractivity contribution in [2.75, 3.05) is 45.8 Å². The van der Waals surface area contributed by atoms with E-state index in [4.69, 9.17) is 0 Å². The molecule has 130 valence electrons. The van der Waals surface area contributed by atoms with Crippen molar-refractivity contribution >= 4 is 10.2 Å². The normalized spacial score (nSPS) is 23.6. The largest absolute Gasteiger partial charge is 0.389 e. The summed E-state index contributed by atoms with van der Waals surface area (Å²) >= 11 is 0. The zero-order chi connectivity index (χ0) is 16.2. The van der Waals surface area contributed by atoms with Gasteiger partial charge >= 0.3 is 0 Å². The van der Waals surface area contributed by atoms with Gasteiger partial charge in [-0.25, -0.2) is 0 Å². The molecule has 1 aliphatic carbocycles. The Kier molecular flexibility index (Phi) is 6.24. The zero-order valence-corrected chi connectivity index (χ0v) is 14.8. The second kappa shape index (κ2) is 7.57. The maximum atomic E-state index is 12.7. The Labute approximate surface area is 135 Å². The molecule has 7 heteroatoms. The van der Waals surface area contributed by atoms with Crippen LogP contribution in [0.1, 0.15) is 46.0 Å². The van der Waals surface area contributed by atoms with Crippen molar-refractivity contribution in [1.82, 2.24) is 13.5 Å². The molecule has 22 heavy (non-hydrogen) atoms. The molecule has 0 radical (unpaired) electrons. The highest BCUT2D eigenvalue weighted by Gasteiger charge is 2.38. The van der Waals surface area contributed by atoms with Crippen molar-refractivity contribution in [3.63, 3.8) is 0 Å². The van der Waals surface area contributed by atoms with Gasteiger partial charge in [-0.15, -0.1) is 0 Å². The summed E-state index contributed by atoms with van der Waals surface area (Å²) in [6.07, 6.45) is 4.55. The second-order valence-electron chi connectivity index (χ2n) is 6.66. The van der Waals surface area contributed by atoms with Crippen LogP contribution >= 0.6 is 0 Å². The molecule has 2 aliphatic rings. The average Bonchev–Trinajstić information content (AvgIpc) is 2.46. The van der Waals surface area contributed by atoms with Crippen LogP contribution < -0.4 is 0 Å². The molecule has 1 aliphatic heterocycles. The molecule has 0 unspecified atom stereocenters. The van der Waals surface area contributed by atoms with Crippen LogP contribution in [0.5, 0.6) is 0 Å². The summed E-state index contributed by atoms with van der Waals surface area (Å²) in [6, 6.07) is 0. The van der Waals surface area contributed by atoms with Crippen molar-refractivity contribution < 1.29 is 13.5 Å². The van der Waals surface area contributed by atoms with E-state index >= 15 is 0 Å². The fourth-order valence-electron chi connectivity index (χ4n) is 3.28. The predicted octanol–water partition coefficient (Wildman–Crippen LogP) is 0.886. The lowest BCUT2D eigenvalue weighted by Crippen LogP contribution is -2.57. The van der Waals surface area contributed by atoms with Crippen LogP contribution in [0, 0.1) is 0 Å². The Morgan fingerprint density at radius 2 is 1.59 bits per heavy atom. The third kappa shape index (κ3) is 4.20. The Balaban J connectivity index is 1.88. The standard InChI is InChI=1S/C15H31N3O3S/c1-3-8-17(9-4-2)22(20,21)18-12-10-16(11-13-18)14-15(19)6-5-7-15/h19H,3-14H2,1-2H3. The Bertz CT molecular complexity index is 437. The minimum absolute atomic E-state index is 0.516. The molecule has 2 fully saturated rings. The zero-order valence-electron chi connectivity index (χ0n) is 14.0. The number of hydrogen-bond donors (Lipinski definition) is 1. The second-order valence-corrected chi connectivity index (χ2v) is 8.59. The van der Waals surface area contributed by atoms with Gasteiger partial charge in [0.15, 0.2) is 0 Å². The van der Waals surface area contributed by atoms with Crippen molar-refractivity contribution in [2.45, 2.75) is 51.6 Å². The van der Waals surface area contributed by atoms with Crippen molar-refractivity contribution in [1.29, 1.82) is 0 Å². The number of aliphatic hydroxyl groups is 1. The van der Waals surface area contributed by atoms with Gasteiger partial charge in [0.05, 0.1) is 5.60 Å². The quantitative estimate of drug-likeness (QED) is 0.716. The van der Waals surface area contributed by atoms with E-state index in [9.17, 15) is 13.5 Å². The lowest BCUT2D eigenvalue weighted by Gasteiger charge is -2.43. The van der Waals surface area contributed by atoms with Gasteiger partial charge in [-0.1, -0.05) is 13.8 Å². The molecule has 6 nitrogen and oxygen atoms in total. The molecule has 0 aromatic rings. The maximum absolute atomic E-state index is 12.7. The SMILES string of the molecule is CCCN(CCC)S(=O)(=O)N1CCN(CC2(O)CCC2)CC1. The number of nitrogens with zero attached hydrogens (tertiary/aromatic N) is 3. The van der Waals surface area contributed by atoms with Gasteiger partial charge < -0.3 is 5.11 Å². The van der Waals surface area contributed by atoms with Crippen LogP contribution in [0.25, 0.3) is 0 Å². The van der Waals surface area contributed by atoms with E-state index in [0.717, 1.165) is 32.1 Å². The van der Waals surface area contributed by atoms with Crippen LogP contribution in [0.3, 0.4) is 0 Å². The van der Waals surface area contributed by atoms with E-state index in [-0.39, 0.29) is 0 Å². The first-order chi connectivity index (χ1) is 10.4. The fourth-order valence-corrected chi connectivity index (χ4v) is 5.06. The van der Waals surface area contributed by atoms with Crippen LogP contribution in [0.4, 0.5) is 0 Å². The van der Waals surface area contributed by atoms with E-state index in [0.29, 0.717) is 45.8 Å². The minimum Gasteiger partial charge on any atom is -0.389 e. The Morgan fingerprint density at radius 1 is 1.05 bits per heavy atom. The highest BCUT2D eigenvalue weighted by atomic mass is 32.2. The average molecular weight is 333 g/mol. The third-order valence-corrected chi connectivity index (χ3v) is 6.77. The molecule has 0 atom stereocenters. The number of piperazine rings is 1. The summed E-state index contributed by atoms with van der Waals surface area (Å²) in [4.78, 5) is 2.20. The van der Waals surface area contributed by atoms with Crippen LogP contribution in [-0.2, 0) is 10.2 Å². The molecule has 0 aromatic carbocycles. The highest BCUT2D eigenvalue weighted by Crippen LogP contribution is 2.32. The first-order valence-corrected chi connectivity index (χ1v) is 10.0. The molecule has 0 bridgehead atoms. The number of β-amino-alcohol motifs (C(OH)–C–C–N with tert-alkyl or cyclic N) is 1. The Morgan fingerprint density at radius 3 is 2.00 bits per heavy atom. The van der Waals surface area contributed by atoms with Gasteiger partial charge in [-0.3, -0.25) is 4.90 Å². The molecule has 1 saturated heterocycles.